The average molecular weight is 362 g/mol. The molecule has 0 radical (unpaired) electrons. The Kier molecular flexibility index (Phi) is 4.88. The summed E-state index contributed by atoms with van der Waals surface area (Å²) in [5.74, 6) is -0.0758. The summed E-state index contributed by atoms with van der Waals surface area (Å²) in [5, 5.41) is 9.64. The SMILES string of the molecule is O=C(O)CCc1nc(-c2ccccc2)c(-c2cccc(Cl)c2Cl)o1. The summed E-state index contributed by atoms with van der Waals surface area (Å²) in [6, 6.07) is 14.8. The van der Waals surface area contributed by atoms with Gasteiger partial charge in [-0.05, 0) is 12.1 Å². The third-order valence-corrected chi connectivity index (χ3v) is 4.29. The summed E-state index contributed by atoms with van der Waals surface area (Å²) in [4.78, 5) is 15.3. The van der Waals surface area contributed by atoms with Crippen molar-refractivity contribution in [2.45, 2.75) is 12.8 Å². The van der Waals surface area contributed by atoms with Crippen molar-refractivity contribution in [1.29, 1.82) is 0 Å². The van der Waals surface area contributed by atoms with Crippen LogP contribution in [0.25, 0.3) is 22.6 Å². The maximum atomic E-state index is 10.8. The second kappa shape index (κ2) is 7.07. The Hall–Kier alpha value is -2.30. The number of hydrogen-bond donors (Lipinski definition) is 1. The lowest BCUT2D eigenvalue weighted by Crippen LogP contribution is -1.97. The zero-order chi connectivity index (χ0) is 17.1. The highest BCUT2D eigenvalue weighted by molar-refractivity contribution is 6.43. The maximum Gasteiger partial charge on any atom is 0.303 e. The molecule has 3 aromatic rings. The quantitative estimate of drug-likeness (QED) is 0.666. The van der Waals surface area contributed by atoms with E-state index < -0.39 is 5.97 Å². The van der Waals surface area contributed by atoms with Gasteiger partial charge in [0.05, 0.1) is 16.5 Å². The van der Waals surface area contributed by atoms with Crippen molar-refractivity contribution < 1.29 is 14.3 Å². The molecular formula is C18H13Cl2NO3. The molecule has 0 aliphatic rings. The van der Waals surface area contributed by atoms with Gasteiger partial charge in [-0.25, -0.2) is 4.98 Å². The van der Waals surface area contributed by atoms with Crippen LogP contribution >= 0.6 is 23.2 Å². The molecule has 4 nitrogen and oxygen atoms in total. The number of aliphatic carboxylic acids is 1. The molecule has 0 bridgehead atoms. The van der Waals surface area contributed by atoms with Gasteiger partial charge in [-0.1, -0.05) is 59.6 Å². The molecule has 0 aliphatic carbocycles. The fourth-order valence-corrected chi connectivity index (χ4v) is 2.72. The first-order valence-electron chi connectivity index (χ1n) is 7.27. The monoisotopic (exact) mass is 361 g/mol. The molecule has 0 unspecified atom stereocenters. The van der Waals surface area contributed by atoms with Crippen LogP contribution in [-0.4, -0.2) is 16.1 Å². The number of aryl methyl sites for hydroxylation is 1. The number of carboxylic acids is 1. The van der Waals surface area contributed by atoms with E-state index in [9.17, 15) is 4.79 Å². The molecule has 3 rings (SSSR count). The Bertz CT molecular complexity index is 875. The van der Waals surface area contributed by atoms with Crippen LogP contribution < -0.4 is 0 Å². The Morgan fingerprint density at radius 3 is 2.54 bits per heavy atom. The summed E-state index contributed by atoms with van der Waals surface area (Å²) in [6.45, 7) is 0. The van der Waals surface area contributed by atoms with Gasteiger partial charge in [0.15, 0.2) is 11.7 Å². The molecule has 1 aromatic heterocycles. The van der Waals surface area contributed by atoms with E-state index in [4.69, 9.17) is 32.7 Å². The highest BCUT2D eigenvalue weighted by Gasteiger charge is 2.20. The summed E-state index contributed by atoms with van der Waals surface area (Å²) in [7, 11) is 0. The first-order valence-corrected chi connectivity index (χ1v) is 8.03. The van der Waals surface area contributed by atoms with Crippen LogP contribution in [0.4, 0.5) is 0 Å². The van der Waals surface area contributed by atoms with Gasteiger partial charge in [-0.2, -0.15) is 0 Å². The van der Waals surface area contributed by atoms with Crippen LogP contribution in [0.2, 0.25) is 10.0 Å². The number of hydrogen-bond acceptors (Lipinski definition) is 3. The van der Waals surface area contributed by atoms with E-state index >= 15 is 0 Å². The number of oxazole rings is 1. The van der Waals surface area contributed by atoms with E-state index in [0.717, 1.165) is 5.56 Å². The number of benzene rings is 2. The van der Waals surface area contributed by atoms with E-state index in [1.165, 1.54) is 0 Å². The van der Waals surface area contributed by atoms with Gasteiger partial charge >= 0.3 is 5.97 Å². The maximum absolute atomic E-state index is 10.8. The number of nitrogens with zero attached hydrogens (tertiary/aromatic N) is 1. The lowest BCUT2D eigenvalue weighted by molar-refractivity contribution is -0.137. The topological polar surface area (TPSA) is 63.3 Å². The molecular weight excluding hydrogens is 349 g/mol. The first kappa shape index (κ1) is 16.6. The molecule has 0 fully saturated rings. The summed E-state index contributed by atoms with van der Waals surface area (Å²) >= 11 is 12.4. The van der Waals surface area contributed by atoms with Crippen molar-refractivity contribution in [3.05, 3.63) is 64.5 Å². The van der Waals surface area contributed by atoms with Gasteiger partial charge in [-0.3, -0.25) is 4.79 Å². The molecule has 1 N–H and O–H groups in total. The number of carboxylic acid groups (broad SMARTS) is 1. The van der Waals surface area contributed by atoms with Crippen LogP contribution in [-0.2, 0) is 11.2 Å². The molecule has 24 heavy (non-hydrogen) atoms. The van der Waals surface area contributed by atoms with Gasteiger partial charge in [-0.15, -0.1) is 0 Å². The smallest absolute Gasteiger partial charge is 0.303 e. The first-order chi connectivity index (χ1) is 11.6. The average Bonchev–Trinajstić information content (AvgIpc) is 3.00. The van der Waals surface area contributed by atoms with Crippen LogP contribution in [0.5, 0.6) is 0 Å². The Balaban J connectivity index is 2.12. The molecule has 2 aromatic carbocycles. The Morgan fingerprint density at radius 1 is 1.08 bits per heavy atom. The molecule has 0 saturated carbocycles. The molecule has 122 valence electrons. The molecule has 1 heterocycles. The predicted octanol–water partition coefficient (Wildman–Crippen LogP) is 5.33. The molecule has 0 amide bonds. The minimum absolute atomic E-state index is 0.0581. The van der Waals surface area contributed by atoms with Crippen molar-refractivity contribution in [2.75, 3.05) is 0 Å². The fraction of sp³-hybridized carbons (Fsp3) is 0.111. The minimum Gasteiger partial charge on any atom is -0.481 e. The zero-order valence-electron chi connectivity index (χ0n) is 12.5. The van der Waals surface area contributed by atoms with Crippen molar-refractivity contribution in [2.24, 2.45) is 0 Å². The van der Waals surface area contributed by atoms with E-state index in [2.05, 4.69) is 4.98 Å². The summed E-state index contributed by atoms with van der Waals surface area (Å²) in [5.41, 5.74) is 2.09. The lowest BCUT2D eigenvalue weighted by Gasteiger charge is -2.05. The van der Waals surface area contributed by atoms with E-state index in [1.54, 1.807) is 18.2 Å². The van der Waals surface area contributed by atoms with Gasteiger partial charge in [0, 0.05) is 17.5 Å². The van der Waals surface area contributed by atoms with Crippen LogP contribution in [0.15, 0.2) is 52.9 Å². The van der Waals surface area contributed by atoms with Crippen molar-refractivity contribution in [3.63, 3.8) is 0 Å². The van der Waals surface area contributed by atoms with Crippen LogP contribution in [0, 0.1) is 0 Å². The van der Waals surface area contributed by atoms with E-state index in [1.807, 2.05) is 30.3 Å². The second-order valence-corrected chi connectivity index (χ2v) is 5.93. The molecule has 0 atom stereocenters. The lowest BCUT2D eigenvalue weighted by atomic mass is 10.1. The molecule has 0 spiro atoms. The standard InChI is InChI=1S/C18H13Cl2NO3/c19-13-8-4-7-12(16(13)20)18-17(11-5-2-1-3-6-11)21-14(24-18)9-10-15(22)23/h1-8H,9-10H2,(H,22,23). The van der Waals surface area contributed by atoms with Crippen LogP contribution in [0.3, 0.4) is 0 Å². The number of halogens is 2. The highest BCUT2D eigenvalue weighted by Crippen LogP contribution is 2.39. The van der Waals surface area contributed by atoms with Gasteiger partial charge < -0.3 is 9.52 Å². The van der Waals surface area contributed by atoms with Crippen molar-refractivity contribution in [1.82, 2.24) is 4.98 Å². The van der Waals surface area contributed by atoms with E-state index in [0.29, 0.717) is 33.0 Å². The molecule has 0 aliphatic heterocycles. The van der Waals surface area contributed by atoms with Gasteiger partial charge in [0.2, 0.25) is 0 Å². The largest absolute Gasteiger partial charge is 0.481 e. The Labute approximate surface area is 148 Å². The van der Waals surface area contributed by atoms with Crippen molar-refractivity contribution >= 4 is 29.2 Å². The summed E-state index contributed by atoms with van der Waals surface area (Å²) < 4.78 is 5.82. The predicted molar refractivity (Wildman–Crippen MR) is 93.4 cm³/mol. The van der Waals surface area contributed by atoms with Crippen LogP contribution in [0.1, 0.15) is 12.3 Å². The third kappa shape index (κ3) is 3.45. The normalized spacial score (nSPS) is 10.8. The molecule has 0 saturated heterocycles. The highest BCUT2D eigenvalue weighted by atomic mass is 35.5. The third-order valence-electron chi connectivity index (χ3n) is 3.47. The van der Waals surface area contributed by atoms with E-state index in [-0.39, 0.29) is 12.8 Å². The Morgan fingerprint density at radius 2 is 1.83 bits per heavy atom. The van der Waals surface area contributed by atoms with Crippen molar-refractivity contribution in [3.8, 4) is 22.6 Å². The zero-order valence-corrected chi connectivity index (χ0v) is 14.0. The fourth-order valence-electron chi connectivity index (χ4n) is 2.34. The van der Waals surface area contributed by atoms with Gasteiger partial charge in [0.1, 0.15) is 5.69 Å². The van der Waals surface area contributed by atoms with Gasteiger partial charge in [0.25, 0.3) is 0 Å². The minimum atomic E-state index is -0.906. The molecule has 6 heteroatoms. The number of aromatic nitrogens is 1. The second-order valence-electron chi connectivity index (χ2n) is 5.15. The summed E-state index contributed by atoms with van der Waals surface area (Å²) in [6.07, 6.45) is 0.144. The number of carbonyl (C=O) groups is 1. The number of rotatable bonds is 5.